The molecule has 0 heterocycles. The fourth-order valence-corrected chi connectivity index (χ4v) is 1.57. The van der Waals surface area contributed by atoms with Crippen molar-refractivity contribution in [2.24, 2.45) is 0 Å². The van der Waals surface area contributed by atoms with E-state index in [1.165, 1.54) is 0 Å². The topological polar surface area (TPSA) is 12.0 Å². The van der Waals surface area contributed by atoms with E-state index in [-0.39, 0.29) is 6.04 Å². The van der Waals surface area contributed by atoms with Crippen molar-refractivity contribution < 1.29 is 17.6 Å². The predicted octanol–water partition coefficient (Wildman–Crippen LogP) is 3.83. The van der Waals surface area contributed by atoms with Crippen LogP contribution in [0.2, 0.25) is 0 Å². The van der Waals surface area contributed by atoms with Gasteiger partial charge < -0.3 is 5.32 Å². The Labute approximate surface area is 94.6 Å². The average molecular weight is 243 g/mol. The number of hydrogen-bond acceptors (Lipinski definition) is 1. The van der Waals surface area contributed by atoms with E-state index >= 15 is 0 Å². The van der Waals surface area contributed by atoms with Crippen molar-refractivity contribution in [2.75, 3.05) is 0 Å². The largest absolute Gasteiger partial charge is 0.309 e. The van der Waals surface area contributed by atoms with Gasteiger partial charge >= 0.3 is 12.3 Å². The Kier molecular flexibility index (Phi) is 5.73. The minimum Gasteiger partial charge on any atom is -0.309 e. The quantitative estimate of drug-likeness (QED) is 0.670. The maximum absolute atomic E-state index is 13.0. The molecule has 16 heavy (non-hydrogen) atoms. The average Bonchev–Trinajstić information content (AvgIpc) is 2.16. The van der Waals surface area contributed by atoms with E-state index in [9.17, 15) is 17.6 Å². The number of alkyl halides is 4. The van der Waals surface area contributed by atoms with Gasteiger partial charge in [0.1, 0.15) is 0 Å². The van der Waals surface area contributed by atoms with Gasteiger partial charge in [-0.15, -0.1) is 0 Å². The summed E-state index contributed by atoms with van der Waals surface area (Å²) in [6, 6.07) is 0.0402. The second-order valence-corrected chi connectivity index (χ2v) is 4.61. The summed E-state index contributed by atoms with van der Waals surface area (Å²) < 4.78 is 50.2. The Morgan fingerprint density at radius 2 is 1.69 bits per heavy atom. The summed E-state index contributed by atoms with van der Waals surface area (Å²) in [6.45, 7) is 7.06. The third-order valence-electron chi connectivity index (χ3n) is 2.93. The molecule has 1 N–H and O–H groups in total. The smallest absolute Gasteiger partial charge is 0.309 e. The highest BCUT2D eigenvalue weighted by Crippen LogP contribution is 2.33. The van der Waals surface area contributed by atoms with Gasteiger partial charge in [-0.25, -0.2) is 17.6 Å². The van der Waals surface area contributed by atoms with Gasteiger partial charge in [0.2, 0.25) is 0 Å². The summed E-state index contributed by atoms with van der Waals surface area (Å²) in [5.41, 5.74) is -0.949. The molecule has 0 aromatic carbocycles. The van der Waals surface area contributed by atoms with Crippen LogP contribution in [-0.4, -0.2) is 23.9 Å². The maximum atomic E-state index is 13.0. The molecular weight excluding hydrogens is 222 g/mol. The van der Waals surface area contributed by atoms with Crippen molar-refractivity contribution in [1.82, 2.24) is 5.32 Å². The molecule has 0 bridgehead atoms. The van der Waals surface area contributed by atoms with Crippen molar-refractivity contribution in [3.05, 3.63) is 0 Å². The lowest BCUT2D eigenvalue weighted by molar-refractivity contribution is -0.145. The van der Waals surface area contributed by atoms with Gasteiger partial charge in [-0.05, 0) is 26.7 Å². The first-order valence-corrected chi connectivity index (χ1v) is 5.60. The molecule has 2 atom stereocenters. The Morgan fingerprint density at radius 1 is 1.19 bits per heavy atom. The van der Waals surface area contributed by atoms with Gasteiger partial charge in [-0.1, -0.05) is 13.8 Å². The second kappa shape index (κ2) is 5.84. The van der Waals surface area contributed by atoms with Crippen molar-refractivity contribution in [3.63, 3.8) is 0 Å². The number of nitrogens with one attached hydrogen (secondary N) is 1. The zero-order valence-electron chi connectivity index (χ0n) is 10.3. The van der Waals surface area contributed by atoms with Gasteiger partial charge in [-0.2, -0.15) is 0 Å². The van der Waals surface area contributed by atoms with Gasteiger partial charge in [0.05, 0.1) is 0 Å². The van der Waals surface area contributed by atoms with E-state index in [1.807, 2.05) is 13.8 Å². The molecule has 0 spiro atoms. The molecule has 2 unspecified atom stereocenters. The monoisotopic (exact) mass is 243 g/mol. The highest BCUT2D eigenvalue weighted by atomic mass is 19.3. The highest BCUT2D eigenvalue weighted by Gasteiger charge is 2.46. The first kappa shape index (κ1) is 15.7. The van der Waals surface area contributed by atoms with Gasteiger partial charge in [-0.3, -0.25) is 0 Å². The predicted molar refractivity (Wildman–Crippen MR) is 57.2 cm³/mol. The van der Waals surface area contributed by atoms with Crippen LogP contribution in [0.1, 0.15) is 47.0 Å². The first-order valence-electron chi connectivity index (χ1n) is 5.60. The summed E-state index contributed by atoms with van der Waals surface area (Å²) >= 11 is 0. The Hall–Kier alpha value is -0.320. The van der Waals surface area contributed by atoms with Crippen LogP contribution in [0.3, 0.4) is 0 Å². The van der Waals surface area contributed by atoms with Crippen molar-refractivity contribution in [2.45, 2.75) is 70.9 Å². The van der Waals surface area contributed by atoms with Crippen LogP contribution in [0.5, 0.6) is 0 Å². The molecule has 0 rings (SSSR count). The van der Waals surface area contributed by atoms with Gasteiger partial charge in [0.25, 0.3) is 0 Å². The molecule has 5 heteroatoms. The number of rotatable bonds is 7. The molecule has 0 fully saturated rings. The lowest BCUT2D eigenvalue weighted by Gasteiger charge is -2.35. The van der Waals surface area contributed by atoms with Crippen molar-refractivity contribution >= 4 is 0 Å². The van der Waals surface area contributed by atoms with E-state index in [0.29, 0.717) is 6.42 Å². The molecule has 0 radical (unpaired) electrons. The Morgan fingerprint density at radius 3 is 2.00 bits per heavy atom. The molecule has 0 amide bonds. The normalized spacial score (nSPS) is 18.6. The first-order chi connectivity index (χ1) is 7.17. The summed E-state index contributed by atoms with van der Waals surface area (Å²) in [6.07, 6.45) is -3.27. The molecule has 0 aromatic heterocycles. The minimum atomic E-state index is -3.93. The van der Waals surface area contributed by atoms with Gasteiger partial charge in [0, 0.05) is 18.0 Å². The summed E-state index contributed by atoms with van der Waals surface area (Å²) in [5, 5.41) is 2.99. The third-order valence-corrected chi connectivity index (χ3v) is 2.93. The third kappa shape index (κ3) is 4.68. The van der Waals surface area contributed by atoms with Crippen LogP contribution in [0.25, 0.3) is 0 Å². The summed E-state index contributed by atoms with van der Waals surface area (Å²) in [5.74, 6) is -3.93. The molecule has 0 aromatic rings. The second-order valence-electron chi connectivity index (χ2n) is 4.61. The fourth-order valence-electron chi connectivity index (χ4n) is 1.57. The minimum absolute atomic E-state index is 0.0402. The van der Waals surface area contributed by atoms with Crippen molar-refractivity contribution in [1.29, 1.82) is 0 Å². The highest BCUT2D eigenvalue weighted by molar-refractivity contribution is 4.90. The van der Waals surface area contributed by atoms with Crippen LogP contribution in [0.4, 0.5) is 17.6 Å². The molecule has 98 valence electrons. The fraction of sp³-hybridized carbons (Fsp3) is 1.00. The molecule has 0 aliphatic heterocycles. The van der Waals surface area contributed by atoms with E-state index in [4.69, 9.17) is 0 Å². The van der Waals surface area contributed by atoms with E-state index in [2.05, 4.69) is 5.32 Å². The lowest BCUT2D eigenvalue weighted by atomic mass is 9.89. The van der Waals surface area contributed by atoms with E-state index in [0.717, 1.165) is 6.42 Å². The molecule has 1 nitrogen and oxygen atoms in total. The van der Waals surface area contributed by atoms with Gasteiger partial charge in [0.15, 0.2) is 0 Å². The maximum Gasteiger partial charge on any atom is 0.309 e. The standard InChI is InChI=1S/C11H21F4N/c1-5-8(3)16-10(4,6-2)7-11(14,15)9(12)13/h8-9,16H,5-7H2,1-4H3. The summed E-state index contributed by atoms with van der Waals surface area (Å²) in [7, 11) is 0. The molecule has 0 saturated carbocycles. The van der Waals surface area contributed by atoms with E-state index < -0.39 is 24.3 Å². The Balaban J connectivity index is 4.59. The molecule has 0 aliphatic rings. The van der Waals surface area contributed by atoms with Crippen molar-refractivity contribution in [3.8, 4) is 0 Å². The van der Waals surface area contributed by atoms with Crippen LogP contribution < -0.4 is 5.32 Å². The van der Waals surface area contributed by atoms with Crippen LogP contribution >= 0.6 is 0 Å². The van der Waals surface area contributed by atoms with Crippen LogP contribution in [0, 0.1) is 0 Å². The molecule has 0 aliphatic carbocycles. The zero-order chi connectivity index (χ0) is 13.0. The number of hydrogen-bond donors (Lipinski definition) is 1. The Bertz CT molecular complexity index is 208. The van der Waals surface area contributed by atoms with Crippen LogP contribution in [-0.2, 0) is 0 Å². The molecular formula is C11H21F4N. The van der Waals surface area contributed by atoms with E-state index in [1.54, 1.807) is 13.8 Å². The lowest BCUT2D eigenvalue weighted by Crippen LogP contribution is -2.51. The number of halogens is 4. The molecule has 0 saturated heterocycles. The SMILES string of the molecule is CCC(C)NC(C)(CC)CC(F)(F)C(F)F. The zero-order valence-corrected chi connectivity index (χ0v) is 10.3. The summed E-state index contributed by atoms with van der Waals surface area (Å²) in [4.78, 5) is 0. The van der Waals surface area contributed by atoms with Crippen LogP contribution in [0.15, 0.2) is 0 Å².